The van der Waals surface area contributed by atoms with Crippen molar-refractivity contribution in [1.29, 1.82) is 0 Å². The van der Waals surface area contributed by atoms with Gasteiger partial charge in [-0.1, -0.05) is 6.07 Å². The molecule has 0 aliphatic rings. The molecule has 0 spiro atoms. The van der Waals surface area contributed by atoms with Gasteiger partial charge >= 0.3 is 5.69 Å². The predicted octanol–water partition coefficient (Wildman–Crippen LogP) is 0.532. The van der Waals surface area contributed by atoms with Crippen molar-refractivity contribution in [1.82, 2.24) is 18.7 Å². The van der Waals surface area contributed by atoms with Gasteiger partial charge in [-0.2, -0.15) is 4.98 Å². The number of ether oxygens (including phenoxy) is 1. The summed E-state index contributed by atoms with van der Waals surface area (Å²) < 4.78 is 9.60. The van der Waals surface area contributed by atoms with Crippen LogP contribution in [0.5, 0.6) is 5.75 Å². The summed E-state index contributed by atoms with van der Waals surface area (Å²) in [6.07, 6.45) is -0.881. The Morgan fingerprint density at radius 1 is 1.18 bits per heavy atom. The molecule has 1 atom stereocenters. The second-order valence-electron chi connectivity index (χ2n) is 6.88. The van der Waals surface area contributed by atoms with Crippen molar-refractivity contribution in [2.24, 2.45) is 14.1 Å². The molecule has 0 unspecified atom stereocenters. The molecule has 150 valence electrons. The third-order valence-electron chi connectivity index (χ3n) is 4.89. The zero-order valence-corrected chi connectivity index (χ0v) is 16.7. The number of aromatic nitrogens is 4. The highest BCUT2D eigenvalue weighted by molar-refractivity contribution is 5.74. The second-order valence-corrected chi connectivity index (χ2v) is 6.88. The fourth-order valence-electron chi connectivity index (χ4n) is 3.07. The first-order valence-electron chi connectivity index (χ1n) is 8.96. The number of fused-ring (bicyclic) bond motifs is 1. The van der Waals surface area contributed by atoms with E-state index in [2.05, 4.69) is 10.3 Å². The second kappa shape index (κ2) is 7.51. The van der Waals surface area contributed by atoms with E-state index in [1.54, 1.807) is 18.7 Å². The lowest BCUT2D eigenvalue weighted by Gasteiger charge is -2.16. The van der Waals surface area contributed by atoms with E-state index < -0.39 is 17.4 Å². The number of aliphatic hydroxyl groups is 1. The van der Waals surface area contributed by atoms with E-state index in [-0.39, 0.29) is 24.3 Å². The number of benzene rings is 1. The van der Waals surface area contributed by atoms with Crippen LogP contribution in [0.1, 0.15) is 11.1 Å². The Balaban J connectivity index is 1.89. The Morgan fingerprint density at radius 3 is 2.54 bits per heavy atom. The van der Waals surface area contributed by atoms with E-state index in [0.29, 0.717) is 11.7 Å². The van der Waals surface area contributed by atoms with Crippen LogP contribution in [0.2, 0.25) is 0 Å². The average Bonchev–Trinajstić information content (AvgIpc) is 3.04. The smallest absolute Gasteiger partial charge is 0.332 e. The molecule has 0 radical (unpaired) electrons. The quantitative estimate of drug-likeness (QED) is 0.640. The summed E-state index contributed by atoms with van der Waals surface area (Å²) in [6.45, 7) is 4.16. The van der Waals surface area contributed by atoms with E-state index in [1.165, 1.54) is 11.6 Å². The van der Waals surface area contributed by atoms with Crippen molar-refractivity contribution < 1.29 is 9.84 Å². The summed E-state index contributed by atoms with van der Waals surface area (Å²) >= 11 is 0. The van der Waals surface area contributed by atoms with Crippen LogP contribution in [-0.4, -0.2) is 43.6 Å². The Hall–Kier alpha value is -3.07. The summed E-state index contributed by atoms with van der Waals surface area (Å²) in [7, 11) is 4.64. The van der Waals surface area contributed by atoms with Crippen LogP contribution in [0.15, 0.2) is 27.8 Å². The molecule has 3 aromatic rings. The molecule has 9 heteroatoms. The molecule has 9 nitrogen and oxygen atoms in total. The molecule has 0 amide bonds. The highest BCUT2D eigenvalue weighted by Gasteiger charge is 2.20. The number of nitrogens with one attached hydrogen (secondary N) is 1. The molecule has 2 heterocycles. The van der Waals surface area contributed by atoms with Crippen LogP contribution in [0.25, 0.3) is 11.2 Å². The summed E-state index contributed by atoms with van der Waals surface area (Å²) in [6, 6.07) is 5.73. The van der Waals surface area contributed by atoms with Crippen LogP contribution in [0, 0.1) is 13.8 Å². The Bertz CT molecular complexity index is 1140. The topological polar surface area (TPSA) is 103 Å². The largest absolute Gasteiger partial charge is 0.491 e. The van der Waals surface area contributed by atoms with E-state index in [4.69, 9.17) is 4.74 Å². The van der Waals surface area contributed by atoms with Crippen molar-refractivity contribution in [2.75, 3.05) is 19.0 Å². The monoisotopic (exact) mass is 387 g/mol. The van der Waals surface area contributed by atoms with Crippen LogP contribution in [-0.2, 0) is 20.6 Å². The number of hydrogen-bond donors (Lipinski definition) is 2. The maximum atomic E-state index is 12.6. The van der Waals surface area contributed by atoms with Crippen molar-refractivity contribution in [3.8, 4) is 5.75 Å². The SMILES string of the molecule is CNc1nc2c(c(=O)n(C)c(=O)n2C)n1C[C@H](O)COc1ccc(C)c(C)c1. The number of aryl methyl sites for hydroxylation is 3. The van der Waals surface area contributed by atoms with Gasteiger partial charge < -0.3 is 19.7 Å². The van der Waals surface area contributed by atoms with Gasteiger partial charge in [-0.05, 0) is 37.1 Å². The molecule has 28 heavy (non-hydrogen) atoms. The number of imidazole rings is 1. The molecular weight excluding hydrogens is 362 g/mol. The molecule has 0 saturated carbocycles. The third kappa shape index (κ3) is 3.40. The molecule has 0 saturated heterocycles. The van der Waals surface area contributed by atoms with Crippen molar-refractivity contribution >= 4 is 17.1 Å². The van der Waals surface area contributed by atoms with Gasteiger partial charge in [0.1, 0.15) is 18.5 Å². The molecule has 0 aliphatic carbocycles. The number of anilines is 1. The Morgan fingerprint density at radius 2 is 1.89 bits per heavy atom. The standard InChI is InChI=1S/C19H25N5O4/c1-11-6-7-14(8-12(11)2)28-10-13(25)9-24-15-16(21-18(24)20-3)22(4)19(27)23(5)17(15)26/h6-8,13,25H,9-10H2,1-5H3,(H,20,21)/t13-/m0/s1. The summed E-state index contributed by atoms with van der Waals surface area (Å²) in [5, 5.41) is 13.4. The van der Waals surface area contributed by atoms with Crippen molar-refractivity contribution in [3.05, 3.63) is 50.2 Å². The van der Waals surface area contributed by atoms with Gasteiger partial charge in [-0.3, -0.25) is 13.9 Å². The molecule has 0 aliphatic heterocycles. The van der Waals surface area contributed by atoms with E-state index in [1.807, 2.05) is 32.0 Å². The first-order chi connectivity index (χ1) is 13.2. The number of rotatable bonds is 6. The summed E-state index contributed by atoms with van der Waals surface area (Å²) in [4.78, 5) is 29.1. The van der Waals surface area contributed by atoms with Gasteiger partial charge in [0.2, 0.25) is 5.95 Å². The Labute approximate surface area is 161 Å². The normalized spacial score (nSPS) is 12.4. The number of nitrogens with zero attached hydrogens (tertiary/aromatic N) is 4. The minimum Gasteiger partial charge on any atom is -0.491 e. The maximum absolute atomic E-state index is 12.6. The van der Waals surface area contributed by atoms with Gasteiger partial charge in [-0.15, -0.1) is 0 Å². The van der Waals surface area contributed by atoms with Crippen LogP contribution < -0.4 is 21.3 Å². The van der Waals surface area contributed by atoms with Gasteiger partial charge in [0.05, 0.1) is 6.54 Å². The molecule has 3 rings (SSSR count). The molecule has 0 bridgehead atoms. The van der Waals surface area contributed by atoms with Gasteiger partial charge in [0.25, 0.3) is 5.56 Å². The lowest BCUT2D eigenvalue weighted by molar-refractivity contribution is 0.0938. The molecule has 2 aromatic heterocycles. The molecule has 0 fully saturated rings. The zero-order chi connectivity index (χ0) is 20.6. The highest BCUT2D eigenvalue weighted by atomic mass is 16.5. The zero-order valence-electron chi connectivity index (χ0n) is 16.7. The third-order valence-corrected chi connectivity index (χ3v) is 4.89. The number of aliphatic hydroxyl groups excluding tert-OH is 1. The van der Waals surface area contributed by atoms with Gasteiger partial charge in [-0.25, -0.2) is 4.79 Å². The van der Waals surface area contributed by atoms with Gasteiger partial charge in [0, 0.05) is 21.1 Å². The first kappa shape index (κ1) is 19.7. The van der Waals surface area contributed by atoms with Crippen LogP contribution in [0.4, 0.5) is 5.95 Å². The first-order valence-corrected chi connectivity index (χ1v) is 8.96. The average molecular weight is 387 g/mol. The fourth-order valence-corrected chi connectivity index (χ4v) is 3.07. The maximum Gasteiger partial charge on any atom is 0.332 e. The number of hydrogen-bond acceptors (Lipinski definition) is 6. The lowest BCUT2D eigenvalue weighted by atomic mass is 10.1. The molecular formula is C19H25N5O4. The predicted molar refractivity (Wildman–Crippen MR) is 107 cm³/mol. The van der Waals surface area contributed by atoms with Gasteiger partial charge in [0.15, 0.2) is 11.2 Å². The van der Waals surface area contributed by atoms with Crippen molar-refractivity contribution in [2.45, 2.75) is 26.5 Å². The lowest BCUT2D eigenvalue weighted by Crippen LogP contribution is -2.38. The molecule has 2 N–H and O–H groups in total. The van der Waals surface area contributed by atoms with E-state index in [9.17, 15) is 14.7 Å². The summed E-state index contributed by atoms with van der Waals surface area (Å²) in [5.41, 5.74) is 1.86. The fraction of sp³-hybridized carbons (Fsp3) is 0.421. The Kier molecular flexibility index (Phi) is 5.28. The van der Waals surface area contributed by atoms with E-state index in [0.717, 1.165) is 15.7 Å². The minimum absolute atomic E-state index is 0.0530. The van der Waals surface area contributed by atoms with E-state index >= 15 is 0 Å². The molecule has 1 aromatic carbocycles. The van der Waals surface area contributed by atoms with Crippen molar-refractivity contribution in [3.63, 3.8) is 0 Å². The highest BCUT2D eigenvalue weighted by Crippen LogP contribution is 2.18. The van der Waals surface area contributed by atoms with Crippen LogP contribution in [0.3, 0.4) is 0 Å². The summed E-state index contributed by atoms with van der Waals surface area (Å²) in [5.74, 6) is 1.06. The minimum atomic E-state index is -0.881. The van der Waals surface area contributed by atoms with Crippen LogP contribution >= 0.6 is 0 Å².